The molecule has 0 radical (unpaired) electrons. The molecule has 29 heavy (non-hydrogen) atoms. The normalized spacial score (nSPS) is 23.7. The van der Waals surface area contributed by atoms with Gasteiger partial charge >= 0.3 is 0 Å². The summed E-state index contributed by atoms with van der Waals surface area (Å²) in [5.74, 6) is -0.608. The Kier molecular flexibility index (Phi) is 4.92. The van der Waals surface area contributed by atoms with Crippen LogP contribution in [0.5, 0.6) is 0 Å². The van der Waals surface area contributed by atoms with E-state index in [1.54, 1.807) is 6.07 Å². The van der Waals surface area contributed by atoms with Crippen LogP contribution in [0, 0.1) is 5.82 Å². The molecule has 2 atom stereocenters. The number of likely N-dealkylation sites (tertiary alicyclic amines) is 2. The van der Waals surface area contributed by atoms with Gasteiger partial charge in [-0.2, -0.15) is 0 Å². The molecule has 2 aromatic carbocycles. The zero-order chi connectivity index (χ0) is 19.8. The first-order valence-electron chi connectivity index (χ1n) is 10.7. The van der Waals surface area contributed by atoms with E-state index in [-0.39, 0.29) is 23.6 Å². The molecule has 2 fully saturated rings. The largest absolute Gasteiger partial charge is 0.334 e. The van der Waals surface area contributed by atoms with Crippen LogP contribution >= 0.6 is 0 Å². The van der Waals surface area contributed by atoms with Crippen LogP contribution in [0.1, 0.15) is 47.6 Å². The lowest BCUT2D eigenvalue weighted by Gasteiger charge is -2.28. The van der Waals surface area contributed by atoms with E-state index in [0.717, 1.165) is 55.7 Å². The fourth-order valence-corrected chi connectivity index (χ4v) is 4.70. The molecular formula is C24H26FN3O. The number of aliphatic imine (C=N–C) groups is 1. The van der Waals surface area contributed by atoms with E-state index >= 15 is 0 Å². The highest BCUT2D eigenvalue weighted by Gasteiger charge is 2.32. The van der Waals surface area contributed by atoms with Gasteiger partial charge in [0, 0.05) is 25.3 Å². The topological polar surface area (TPSA) is 35.9 Å². The molecular weight excluding hydrogens is 365 g/mol. The van der Waals surface area contributed by atoms with Crippen molar-refractivity contribution in [3.05, 3.63) is 59.4 Å². The van der Waals surface area contributed by atoms with Gasteiger partial charge < -0.3 is 9.80 Å². The average molecular weight is 391 g/mol. The maximum Gasteiger partial charge on any atom is 0.257 e. The molecule has 0 bridgehead atoms. The fraction of sp³-hybridized carbons (Fsp3) is 0.417. The molecule has 0 N–H and O–H groups in total. The van der Waals surface area contributed by atoms with Crippen molar-refractivity contribution in [2.24, 2.45) is 4.99 Å². The Hall–Kier alpha value is -2.53. The van der Waals surface area contributed by atoms with Crippen molar-refractivity contribution in [3.63, 3.8) is 0 Å². The van der Waals surface area contributed by atoms with Gasteiger partial charge in [-0.15, -0.1) is 0 Å². The van der Waals surface area contributed by atoms with E-state index in [4.69, 9.17) is 0 Å². The predicted molar refractivity (Wildman–Crippen MR) is 113 cm³/mol. The maximum absolute atomic E-state index is 15.0. The molecule has 5 heteroatoms. The third-order valence-electron chi connectivity index (χ3n) is 6.36. The summed E-state index contributed by atoms with van der Waals surface area (Å²) < 4.78 is 15.0. The van der Waals surface area contributed by atoms with E-state index < -0.39 is 5.82 Å². The number of rotatable bonds is 5. The monoisotopic (exact) mass is 391 g/mol. The lowest BCUT2D eigenvalue weighted by atomic mass is 9.99. The number of nitrogens with zero attached hydrogens (tertiary/aromatic N) is 3. The van der Waals surface area contributed by atoms with Crippen molar-refractivity contribution in [1.82, 2.24) is 9.80 Å². The van der Waals surface area contributed by atoms with Crippen LogP contribution in [0.15, 0.2) is 47.5 Å². The summed E-state index contributed by atoms with van der Waals surface area (Å²) >= 11 is 0. The Labute approximate surface area is 171 Å². The molecule has 150 valence electrons. The summed E-state index contributed by atoms with van der Waals surface area (Å²) in [7, 11) is 0. The third-order valence-corrected chi connectivity index (χ3v) is 6.36. The summed E-state index contributed by atoms with van der Waals surface area (Å²) in [6.45, 7) is 3.88. The van der Waals surface area contributed by atoms with Gasteiger partial charge in [0.2, 0.25) is 0 Å². The minimum Gasteiger partial charge on any atom is -0.334 e. The number of carbonyl (C=O) groups excluding carboxylic acids is 1. The second kappa shape index (κ2) is 7.71. The summed E-state index contributed by atoms with van der Waals surface area (Å²) in [6.07, 6.45) is 6.39. The van der Waals surface area contributed by atoms with Crippen LogP contribution < -0.4 is 0 Å². The summed E-state index contributed by atoms with van der Waals surface area (Å²) in [5.41, 5.74) is 3.04. The van der Waals surface area contributed by atoms with Crippen molar-refractivity contribution < 1.29 is 9.18 Å². The molecule has 2 saturated heterocycles. The molecule has 2 aromatic rings. The first-order chi connectivity index (χ1) is 14.2. The zero-order valence-corrected chi connectivity index (χ0v) is 16.6. The van der Waals surface area contributed by atoms with Crippen LogP contribution in [0.3, 0.4) is 0 Å². The highest BCUT2D eigenvalue weighted by Crippen LogP contribution is 2.30. The molecule has 5 rings (SSSR count). The number of hydrogen-bond donors (Lipinski definition) is 0. The second-order valence-electron chi connectivity index (χ2n) is 8.37. The van der Waals surface area contributed by atoms with E-state index in [1.807, 2.05) is 41.4 Å². The molecule has 1 amide bonds. The average Bonchev–Trinajstić information content (AvgIpc) is 3.28. The SMILES string of the molecule is O=C(c1ccc(-c2cccc(C3C=N3)c2)cc1F)N1CCC[C@H]1CN1CCCC1. The summed E-state index contributed by atoms with van der Waals surface area (Å²) in [6, 6.07) is 13.4. The summed E-state index contributed by atoms with van der Waals surface area (Å²) in [4.78, 5) is 21.6. The lowest BCUT2D eigenvalue weighted by molar-refractivity contribution is 0.0704. The molecule has 0 aromatic heterocycles. The van der Waals surface area contributed by atoms with Crippen molar-refractivity contribution in [2.45, 2.75) is 37.8 Å². The smallest absolute Gasteiger partial charge is 0.257 e. The maximum atomic E-state index is 15.0. The third kappa shape index (κ3) is 3.84. The van der Waals surface area contributed by atoms with E-state index in [9.17, 15) is 9.18 Å². The van der Waals surface area contributed by atoms with Crippen LogP contribution in [-0.2, 0) is 0 Å². The molecule has 0 saturated carbocycles. The van der Waals surface area contributed by atoms with Gasteiger partial charge in [0.05, 0.1) is 5.56 Å². The number of carbonyl (C=O) groups is 1. The second-order valence-corrected chi connectivity index (χ2v) is 8.37. The number of amides is 1. The van der Waals surface area contributed by atoms with Crippen LogP contribution in [0.25, 0.3) is 11.1 Å². The highest BCUT2D eigenvalue weighted by molar-refractivity contribution is 5.95. The lowest BCUT2D eigenvalue weighted by Crippen LogP contribution is -2.42. The van der Waals surface area contributed by atoms with Gasteiger partial charge in [0.15, 0.2) is 0 Å². The van der Waals surface area contributed by atoms with Crippen LogP contribution in [-0.4, -0.2) is 54.1 Å². The first kappa shape index (κ1) is 18.5. The van der Waals surface area contributed by atoms with Gasteiger partial charge in [-0.05, 0) is 73.7 Å². The van der Waals surface area contributed by atoms with E-state index in [1.165, 1.54) is 18.9 Å². The number of benzene rings is 2. The molecule has 3 aliphatic rings. The van der Waals surface area contributed by atoms with Gasteiger partial charge in [-0.25, -0.2) is 4.39 Å². The minimum absolute atomic E-state index is 0.170. The first-order valence-corrected chi connectivity index (χ1v) is 10.7. The summed E-state index contributed by atoms with van der Waals surface area (Å²) in [5, 5.41) is 0. The van der Waals surface area contributed by atoms with Gasteiger partial charge in [0.1, 0.15) is 11.9 Å². The number of hydrogen-bond acceptors (Lipinski definition) is 3. The zero-order valence-electron chi connectivity index (χ0n) is 16.6. The predicted octanol–water partition coefficient (Wildman–Crippen LogP) is 4.32. The van der Waals surface area contributed by atoms with Crippen molar-refractivity contribution in [1.29, 1.82) is 0 Å². The van der Waals surface area contributed by atoms with Crippen molar-refractivity contribution in [2.75, 3.05) is 26.2 Å². The van der Waals surface area contributed by atoms with E-state index in [0.29, 0.717) is 0 Å². The van der Waals surface area contributed by atoms with Gasteiger partial charge in [0.25, 0.3) is 5.91 Å². The van der Waals surface area contributed by atoms with Crippen LogP contribution in [0.4, 0.5) is 4.39 Å². The minimum atomic E-state index is -0.438. The van der Waals surface area contributed by atoms with Gasteiger partial charge in [-0.1, -0.05) is 24.3 Å². The Morgan fingerprint density at radius 1 is 1.03 bits per heavy atom. The van der Waals surface area contributed by atoms with Crippen LogP contribution in [0.2, 0.25) is 0 Å². The number of halogens is 1. The highest BCUT2D eigenvalue weighted by atomic mass is 19.1. The Morgan fingerprint density at radius 2 is 1.83 bits per heavy atom. The molecule has 0 spiro atoms. The molecule has 0 aliphatic carbocycles. The Balaban J connectivity index is 1.34. The van der Waals surface area contributed by atoms with E-state index in [2.05, 4.69) is 9.89 Å². The Morgan fingerprint density at radius 3 is 2.59 bits per heavy atom. The van der Waals surface area contributed by atoms with Gasteiger partial charge in [-0.3, -0.25) is 9.79 Å². The molecule has 3 heterocycles. The quantitative estimate of drug-likeness (QED) is 0.761. The molecule has 3 aliphatic heterocycles. The fourth-order valence-electron chi connectivity index (χ4n) is 4.70. The van der Waals surface area contributed by atoms with Crippen molar-refractivity contribution in [3.8, 4) is 11.1 Å². The standard InChI is InChI=1S/C24H26FN3O/c25-22-14-18(17-5-3-6-19(13-17)23-15-26-23)8-9-21(22)24(29)28-12-4-7-20(28)16-27-10-1-2-11-27/h3,5-6,8-9,13-15,20,23H,1-2,4,7,10-12,16H2/t20-,23?/m0/s1. The molecule has 4 nitrogen and oxygen atoms in total. The molecule has 1 unspecified atom stereocenters. The Bertz CT molecular complexity index is 945. The van der Waals surface area contributed by atoms with Crippen molar-refractivity contribution >= 4 is 12.1 Å².